The van der Waals surface area contributed by atoms with Gasteiger partial charge >= 0.3 is 0 Å². The maximum atomic E-state index is 11.9. The molecule has 2 aromatic carbocycles. The highest BCUT2D eigenvalue weighted by atomic mass is 127. The molecule has 0 spiro atoms. The maximum Gasteiger partial charge on any atom is 0.250 e. The van der Waals surface area contributed by atoms with Crippen LogP contribution in [0.15, 0.2) is 46.7 Å². The van der Waals surface area contributed by atoms with Crippen molar-refractivity contribution in [2.45, 2.75) is 5.16 Å². The number of nitrogens with zero attached hydrogens (tertiary/aromatic N) is 2. The number of imidazole rings is 1. The van der Waals surface area contributed by atoms with E-state index in [2.05, 4.69) is 43.1 Å². The van der Waals surface area contributed by atoms with Crippen LogP contribution >= 0.6 is 56.9 Å². The number of H-pyrrole nitrogens is 1. The SMILES string of the molecule is O=C(CSc1nc2ccccc2[nH]1)N/N=C\c1cc(I)cc(I)c1O. The van der Waals surface area contributed by atoms with Gasteiger partial charge in [-0.1, -0.05) is 23.9 Å². The number of carbonyl (C=O) groups excluding carboxylic acids is 1. The van der Waals surface area contributed by atoms with Gasteiger partial charge in [-0.3, -0.25) is 4.79 Å². The number of hydrogen-bond acceptors (Lipinski definition) is 5. The standard InChI is InChI=1S/C16H12I2N4O2S/c17-10-5-9(15(24)11(18)6-10)7-19-22-14(23)8-25-16-20-12-3-1-2-4-13(12)21-16/h1-7,24H,8H2,(H,20,21)(H,22,23)/b19-7-. The van der Waals surface area contributed by atoms with E-state index >= 15 is 0 Å². The molecule has 3 aromatic rings. The second-order valence-corrected chi connectivity index (χ2v) is 8.34. The van der Waals surface area contributed by atoms with Crippen LogP contribution in [0.3, 0.4) is 0 Å². The van der Waals surface area contributed by atoms with Gasteiger partial charge in [0.1, 0.15) is 5.75 Å². The van der Waals surface area contributed by atoms with Crippen molar-refractivity contribution >= 4 is 80.1 Å². The van der Waals surface area contributed by atoms with Gasteiger partial charge in [-0.15, -0.1) is 0 Å². The molecule has 0 saturated heterocycles. The molecule has 0 radical (unpaired) electrons. The molecule has 0 saturated carbocycles. The molecule has 9 heteroatoms. The summed E-state index contributed by atoms with van der Waals surface area (Å²) in [5.41, 5.74) is 4.82. The third-order valence-corrected chi connectivity index (χ3v) is 5.48. The summed E-state index contributed by atoms with van der Waals surface area (Å²) in [6.07, 6.45) is 1.43. The summed E-state index contributed by atoms with van der Waals surface area (Å²) >= 11 is 5.51. The van der Waals surface area contributed by atoms with Crippen molar-refractivity contribution in [2.24, 2.45) is 5.10 Å². The second-order valence-electron chi connectivity index (χ2n) is 4.97. The molecule has 0 bridgehead atoms. The molecule has 6 nitrogen and oxygen atoms in total. The Kier molecular flexibility index (Phi) is 6.17. The zero-order chi connectivity index (χ0) is 17.8. The molecule has 0 unspecified atom stereocenters. The van der Waals surface area contributed by atoms with E-state index in [-0.39, 0.29) is 17.4 Å². The number of phenols is 1. The molecule has 0 atom stereocenters. The summed E-state index contributed by atoms with van der Waals surface area (Å²) < 4.78 is 1.71. The number of aromatic hydroxyl groups is 1. The van der Waals surface area contributed by atoms with Gasteiger partial charge in [-0.25, -0.2) is 10.4 Å². The molecule has 1 amide bonds. The fourth-order valence-electron chi connectivity index (χ4n) is 2.02. The van der Waals surface area contributed by atoms with Crippen molar-refractivity contribution in [1.29, 1.82) is 0 Å². The number of aromatic nitrogens is 2. The minimum atomic E-state index is -0.249. The van der Waals surface area contributed by atoms with E-state index in [1.807, 2.05) is 52.9 Å². The molecule has 3 rings (SSSR count). The average molecular weight is 578 g/mol. The van der Waals surface area contributed by atoms with Gasteiger partial charge in [-0.05, 0) is 69.4 Å². The van der Waals surface area contributed by atoms with Crippen molar-refractivity contribution in [3.8, 4) is 5.75 Å². The number of amides is 1. The number of carbonyl (C=O) groups is 1. The number of nitrogens with one attached hydrogen (secondary N) is 2. The van der Waals surface area contributed by atoms with Crippen molar-refractivity contribution < 1.29 is 9.90 Å². The number of rotatable bonds is 5. The van der Waals surface area contributed by atoms with Crippen molar-refractivity contribution in [3.63, 3.8) is 0 Å². The lowest BCUT2D eigenvalue weighted by molar-refractivity contribution is -0.118. The van der Waals surface area contributed by atoms with Gasteiger partial charge in [0.25, 0.3) is 5.91 Å². The van der Waals surface area contributed by atoms with E-state index in [9.17, 15) is 9.90 Å². The lowest BCUT2D eigenvalue weighted by Crippen LogP contribution is -2.19. The Balaban J connectivity index is 1.56. The Morgan fingerprint density at radius 2 is 2.16 bits per heavy atom. The van der Waals surface area contributed by atoms with Crippen LogP contribution in [0.4, 0.5) is 0 Å². The Hall–Kier alpha value is -1.34. The van der Waals surface area contributed by atoms with Gasteiger partial charge in [0.2, 0.25) is 0 Å². The summed E-state index contributed by atoms with van der Waals surface area (Å²) in [7, 11) is 0. The monoisotopic (exact) mass is 578 g/mol. The topological polar surface area (TPSA) is 90.4 Å². The first kappa shape index (κ1) is 18.5. The molecule has 1 heterocycles. The molecule has 3 N–H and O–H groups in total. The molecular weight excluding hydrogens is 566 g/mol. The number of hydrogen-bond donors (Lipinski definition) is 3. The Bertz CT molecular complexity index is 925. The minimum Gasteiger partial charge on any atom is -0.506 e. The number of para-hydroxylation sites is 2. The third kappa shape index (κ3) is 4.85. The van der Waals surface area contributed by atoms with Gasteiger partial charge in [0.15, 0.2) is 5.16 Å². The van der Waals surface area contributed by atoms with Crippen LogP contribution in [0.5, 0.6) is 5.75 Å². The number of halogens is 2. The van der Waals surface area contributed by atoms with E-state index in [1.54, 1.807) is 6.07 Å². The molecule has 0 fully saturated rings. The molecule has 128 valence electrons. The fraction of sp³-hybridized carbons (Fsp3) is 0.0625. The summed E-state index contributed by atoms with van der Waals surface area (Å²) in [6, 6.07) is 11.3. The van der Waals surface area contributed by atoms with Crippen LogP contribution in [0, 0.1) is 7.14 Å². The summed E-state index contributed by atoms with van der Waals surface area (Å²) in [4.78, 5) is 19.4. The predicted octanol–water partition coefficient (Wildman–Crippen LogP) is 3.72. The third-order valence-electron chi connectivity index (χ3n) is 3.16. The first-order valence-corrected chi connectivity index (χ1v) is 10.2. The van der Waals surface area contributed by atoms with Crippen molar-refractivity contribution in [2.75, 3.05) is 5.75 Å². The predicted molar refractivity (Wildman–Crippen MR) is 116 cm³/mol. The zero-order valence-corrected chi connectivity index (χ0v) is 17.8. The Morgan fingerprint density at radius 1 is 1.36 bits per heavy atom. The number of thioether (sulfide) groups is 1. The highest BCUT2D eigenvalue weighted by Gasteiger charge is 2.07. The maximum absolute atomic E-state index is 11.9. The second kappa shape index (κ2) is 8.36. The first-order valence-electron chi connectivity index (χ1n) is 7.10. The van der Waals surface area contributed by atoms with Crippen LogP contribution in [0.2, 0.25) is 0 Å². The normalized spacial score (nSPS) is 11.3. The van der Waals surface area contributed by atoms with E-state index in [0.717, 1.165) is 18.2 Å². The van der Waals surface area contributed by atoms with E-state index in [4.69, 9.17) is 0 Å². The minimum absolute atomic E-state index is 0.149. The lowest BCUT2D eigenvalue weighted by atomic mass is 10.2. The number of fused-ring (bicyclic) bond motifs is 1. The Morgan fingerprint density at radius 3 is 2.96 bits per heavy atom. The summed E-state index contributed by atoms with van der Waals surface area (Å²) in [6.45, 7) is 0. The van der Waals surface area contributed by atoms with Crippen molar-refractivity contribution in [3.05, 3.63) is 49.1 Å². The van der Waals surface area contributed by atoms with Crippen LogP contribution in [-0.2, 0) is 4.79 Å². The van der Waals surface area contributed by atoms with Crippen LogP contribution < -0.4 is 5.43 Å². The van der Waals surface area contributed by atoms with Crippen LogP contribution in [-0.4, -0.2) is 32.9 Å². The molecule has 25 heavy (non-hydrogen) atoms. The smallest absolute Gasteiger partial charge is 0.250 e. The molecule has 0 aliphatic heterocycles. The van der Waals surface area contributed by atoms with Gasteiger partial charge < -0.3 is 10.1 Å². The van der Waals surface area contributed by atoms with Gasteiger partial charge in [0, 0.05) is 9.13 Å². The average Bonchev–Trinajstić information content (AvgIpc) is 3.00. The van der Waals surface area contributed by atoms with Crippen LogP contribution in [0.1, 0.15) is 5.56 Å². The number of phenolic OH excluding ortho intramolecular Hbond substituents is 1. The molecule has 1 aromatic heterocycles. The first-order chi connectivity index (χ1) is 12.0. The van der Waals surface area contributed by atoms with Gasteiger partial charge in [-0.2, -0.15) is 5.10 Å². The fourth-order valence-corrected chi connectivity index (χ4v) is 4.59. The quantitative estimate of drug-likeness (QED) is 0.187. The lowest BCUT2D eigenvalue weighted by Gasteiger charge is -2.03. The molecular formula is C16H12I2N4O2S. The Labute approximate surface area is 175 Å². The van der Waals surface area contributed by atoms with E-state index < -0.39 is 0 Å². The number of aromatic amines is 1. The van der Waals surface area contributed by atoms with Crippen molar-refractivity contribution in [1.82, 2.24) is 15.4 Å². The summed E-state index contributed by atoms with van der Waals surface area (Å²) in [5.74, 6) is 0.0877. The van der Waals surface area contributed by atoms with Gasteiger partial charge in [0.05, 0.1) is 26.6 Å². The highest BCUT2D eigenvalue weighted by Crippen LogP contribution is 2.25. The van der Waals surface area contributed by atoms with Crippen LogP contribution in [0.25, 0.3) is 11.0 Å². The van der Waals surface area contributed by atoms with E-state index in [1.165, 1.54) is 18.0 Å². The summed E-state index contributed by atoms with van der Waals surface area (Å²) in [5, 5.41) is 14.6. The highest BCUT2D eigenvalue weighted by molar-refractivity contribution is 14.1. The van der Waals surface area contributed by atoms with E-state index in [0.29, 0.717) is 10.7 Å². The molecule has 0 aliphatic rings. The number of hydrazone groups is 1. The number of benzene rings is 2. The zero-order valence-electron chi connectivity index (χ0n) is 12.7. The largest absolute Gasteiger partial charge is 0.506 e. The molecule has 0 aliphatic carbocycles.